The summed E-state index contributed by atoms with van der Waals surface area (Å²) >= 11 is 0. The Morgan fingerprint density at radius 3 is 3.00 bits per heavy atom. The molecule has 19 heavy (non-hydrogen) atoms. The summed E-state index contributed by atoms with van der Waals surface area (Å²) in [5.41, 5.74) is 0. The molecule has 1 rings (SSSR count). The van der Waals surface area contributed by atoms with Crippen molar-refractivity contribution in [3.05, 3.63) is 0 Å². The summed E-state index contributed by atoms with van der Waals surface area (Å²) in [6.45, 7) is 3.63. The van der Waals surface area contributed by atoms with Gasteiger partial charge in [0.2, 0.25) is 5.91 Å². The van der Waals surface area contributed by atoms with Crippen LogP contribution in [0.4, 0.5) is 0 Å². The second-order valence-corrected chi connectivity index (χ2v) is 4.98. The van der Waals surface area contributed by atoms with Crippen LogP contribution in [-0.2, 0) is 14.3 Å². The van der Waals surface area contributed by atoms with Gasteiger partial charge in [-0.15, -0.1) is 0 Å². The lowest BCUT2D eigenvalue weighted by molar-refractivity contribution is -0.213. The van der Waals surface area contributed by atoms with Gasteiger partial charge in [-0.25, -0.2) is 0 Å². The molecule has 1 aliphatic heterocycles. The van der Waals surface area contributed by atoms with Gasteiger partial charge in [-0.2, -0.15) is 0 Å². The molecule has 0 aromatic heterocycles. The van der Waals surface area contributed by atoms with Crippen molar-refractivity contribution in [2.24, 2.45) is 0 Å². The van der Waals surface area contributed by atoms with E-state index in [4.69, 9.17) is 9.47 Å². The number of nitrogens with one attached hydrogen (secondary N) is 1. The third-order valence-corrected chi connectivity index (χ3v) is 3.20. The van der Waals surface area contributed by atoms with Crippen LogP contribution in [-0.4, -0.2) is 43.2 Å². The largest absolute Gasteiger partial charge is 0.388 e. The summed E-state index contributed by atoms with van der Waals surface area (Å²) in [4.78, 5) is 11.5. The van der Waals surface area contributed by atoms with E-state index in [0.29, 0.717) is 32.6 Å². The summed E-state index contributed by atoms with van der Waals surface area (Å²) in [6, 6.07) is 0. The van der Waals surface area contributed by atoms with Crippen molar-refractivity contribution >= 4 is 5.91 Å². The lowest BCUT2D eigenvalue weighted by atomic mass is 10.1. The van der Waals surface area contributed by atoms with E-state index in [1.54, 1.807) is 0 Å². The van der Waals surface area contributed by atoms with Crippen LogP contribution in [0.3, 0.4) is 0 Å². The Balaban J connectivity index is 1.96. The number of aliphatic hydroxyl groups is 1. The second-order valence-electron chi connectivity index (χ2n) is 4.98. The van der Waals surface area contributed by atoms with Crippen LogP contribution in [0.2, 0.25) is 0 Å². The Bertz CT molecular complexity index is 248. The zero-order valence-corrected chi connectivity index (χ0v) is 11.9. The molecule has 112 valence electrons. The Labute approximate surface area is 115 Å². The highest BCUT2D eigenvalue weighted by Gasteiger charge is 2.24. The lowest BCUT2D eigenvalue weighted by Crippen LogP contribution is -2.38. The molecule has 5 heteroatoms. The van der Waals surface area contributed by atoms with Crippen LogP contribution >= 0.6 is 0 Å². The van der Waals surface area contributed by atoms with Crippen LogP contribution in [0.1, 0.15) is 51.9 Å². The van der Waals surface area contributed by atoms with Crippen LogP contribution in [0.25, 0.3) is 0 Å². The standard InChI is InChI=1S/C14H27NO4/c1-2-3-4-5-8-13(17)15-9-11-19-14-12(16)7-6-10-18-14/h12,14,16H,2-11H2,1H3,(H,15,17). The van der Waals surface area contributed by atoms with Gasteiger partial charge in [-0.1, -0.05) is 26.2 Å². The topological polar surface area (TPSA) is 67.8 Å². The first-order chi connectivity index (χ1) is 9.24. The zero-order chi connectivity index (χ0) is 13.9. The fourth-order valence-electron chi connectivity index (χ4n) is 2.06. The number of carbonyl (C=O) groups excluding carboxylic acids is 1. The zero-order valence-electron chi connectivity index (χ0n) is 11.9. The van der Waals surface area contributed by atoms with Gasteiger partial charge in [0.15, 0.2) is 6.29 Å². The molecule has 2 unspecified atom stereocenters. The first kappa shape index (κ1) is 16.4. The Hall–Kier alpha value is -0.650. The molecular formula is C14H27NO4. The highest BCUT2D eigenvalue weighted by molar-refractivity contribution is 5.75. The van der Waals surface area contributed by atoms with E-state index < -0.39 is 12.4 Å². The Morgan fingerprint density at radius 1 is 1.42 bits per heavy atom. The third-order valence-electron chi connectivity index (χ3n) is 3.20. The van der Waals surface area contributed by atoms with E-state index >= 15 is 0 Å². The lowest BCUT2D eigenvalue weighted by Gasteiger charge is -2.27. The van der Waals surface area contributed by atoms with Gasteiger partial charge in [0.25, 0.3) is 0 Å². The summed E-state index contributed by atoms with van der Waals surface area (Å²) in [5.74, 6) is 0.0739. The first-order valence-corrected chi connectivity index (χ1v) is 7.42. The number of rotatable bonds is 9. The normalized spacial score (nSPS) is 23.3. The maximum atomic E-state index is 11.5. The number of amides is 1. The minimum atomic E-state index is -0.543. The van der Waals surface area contributed by atoms with Crippen LogP contribution in [0.15, 0.2) is 0 Å². The van der Waals surface area contributed by atoms with Gasteiger partial charge >= 0.3 is 0 Å². The molecule has 0 aromatic rings. The molecular weight excluding hydrogens is 246 g/mol. The van der Waals surface area contributed by atoms with Crippen molar-refractivity contribution in [1.29, 1.82) is 0 Å². The average molecular weight is 273 g/mol. The van der Waals surface area contributed by atoms with Gasteiger partial charge in [-0.05, 0) is 19.3 Å². The van der Waals surface area contributed by atoms with Crippen molar-refractivity contribution < 1.29 is 19.4 Å². The molecule has 0 aromatic carbocycles. The monoisotopic (exact) mass is 273 g/mol. The predicted octanol–water partition coefficient (Wildman–Crippen LogP) is 1.59. The molecule has 1 fully saturated rings. The molecule has 1 heterocycles. The predicted molar refractivity (Wildman–Crippen MR) is 72.7 cm³/mol. The highest BCUT2D eigenvalue weighted by atomic mass is 16.7. The molecule has 1 amide bonds. The van der Waals surface area contributed by atoms with Gasteiger partial charge in [-0.3, -0.25) is 4.79 Å². The van der Waals surface area contributed by atoms with Crippen LogP contribution in [0, 0.1) is 0 Å². The summed E-state index contributed by atoms with van der Waals surface area (Å²) in [7, 11) is 0. The van der Waals surface area contributed by atoms with Gasteiger partial charge in [0, 0.05) is 19.6 Å². The molecule has 1 aliphatic rings. The molecule has 0 saturated carbocycles. The molecule has 2 N–H and O–H groups in total. The quantitative estimate of drug-likeness (QED) is 0.626. The van der Waals surface area contributed by atoms with Gasteiger partial charge in [0.1, 0.15) is 6.10 Å². The third kappa shape index (κ3) is 7.50. The van der Waals surface area contributed by atoms with Gasteiger partial charge in [0.05, 0.1) is 6.61 Å². The summed E-state index contributed by atoms with van der Waals surface area (Å²) in [6.07, 6.45) is 5.53. The molecule has 1 saturated heterocycles. The maximum Gasteiger partial charge on any atom is 0.220 e. The number of unbranched alkanes of at least 4 members (excludes halogenated alkanes) is 3. The second kappa shape index (κ2) is 10.2. The maximum absolute atomic E-state index is 11.5. The summed E-state index contributed by atoms with van der Waals surface area (Å²) < 4.78 is 10.7. The van der Waals surface area contributed by atoms with Gasteiger partial charge < -0.3 is 19.9 Å². The number of hydrogen-bond donors (Lipinski definition) is 2. The SMILES string of the molecule is CCCCCCC(=O)NCCOC1OCCCC1O. The van der Waals surface area contributed by atoms with Crippen LogP contribution in [0.5, 0.6) is 0 Å². The number of ether oxygens (including phenoxy) is 2. The Morgan fingerprint density at radius 2 is 2.26 bits per heavy atom. The van der Waals surface area contributed by atoms with E-state index in [2.05, 4.69) is 12.2 Å². The number of hydrogen-bond acceptors (Lipinski definition) is 4. The highest BCUT2D eigenvalue weighted by Crippen LogP contribution is 2.14. The van der Waals surface area contributed by atoms with E-state index in [9.17, 15) is 9.90 Å². The molecule has 5 nitrogen and oxygen atoms in total. The summed E-state index contributed by atoms with van der Waals surface area (Å²) in [5, 5.41) is 12.4. The molecule has 0 radical (unpaired) electrons. The minimum Gasteiger partial charge on any atom is -0.388 e. The van der Waals surface area contributed by atoms with Crippen molar-refractivity contribution in [1.82, 2.24) is 5.32 Å². The van der Waals surface area contributed by atoms with Crippen molar-refractivity contribution in [2.45, 2.75) is 64.3 Å². The van der Waals surface area contributed by atoms with Crippen molar-refractivity contribution in [3.8, 4) is 0 Å². The minimum absolute atomic E-state index is 0.0739. The van der Waals surface area contributed by atoms with E-state index in [1.807, 2.05) is 0 Å². The molecule has 0 bridgehead atoms. The van der Waals surface area contributed by atoms with Crippen molar-refractivity contribution in [3.63, 3.8) is 0 Å². The van der Waals surface area contributed by atoms with E-state index in [0.717, 1.165) is 19.3 Å². The van der Waals surface area contributed by atoms with Crippen molar-refractivity contribution in [2.75, 3.05) is 19.8 Å². The molecule has 0 spiro atoms. The number of carbonyl (C=O) groups is 1. The Kier molecular flexibility index (Phi) is 8.79. The average Bonchev–Trinajstić information content (AvgIpc) is 2.41. The molecule has 2 atom stereocenters. The fourth-order valence-corrected chi connectivity index (χ4v) is 2.06. The number of aliphatic hydroxyl groups excluding tert-OH is 1. The smallest absolute Gasteiger partial charge is 0.220 e. The fraction of sp³-hybridized carbons (Fsp3) is 0.929. The first-order valence-electron chi connectivity index (χ1n) is 7.42. The van der Waals surface area contributed by atoms with E-state index in [-0.39, 0.29) is 5.91 Å². The van der Waals surface area contributed by atoms with Crippen LogP contribution < -0.4 is 5.32 Å². The molecule has 0 aliphatic carbocycles. The van der Waals surface area contributed by atoms with E-state index in [1.165, 1.54) is 12.8 Å².